The quantitative estimate of drug-likeness (QED) is 0.290. The lowest BCUT2D eigenvalue weighted by Crippen LogP contribution is -1.88. The summed E-state index contributed by atoms with van der Waals surface area (Å²) in [5.41, 5.74) is 2.93. The van der Waals surface area contributed by atoms with Gasteiger partial charge in [-0.3, -0.25) is 0 Å². The molecule has 0 amide bonds. The fourth-order valence-electron chi connectivity index (χ4n) is 4.15. The van der Waals surface area contributed by atoms with Gasteiger partial charge < -0.3 is 0 Å². The minimum atomic E-state index is 1.04. The zero-order valence-electron chi connectivity index (χ0n) is 11.9. The van der Waals surface area contributed by atoms with Crippen LogP contribution in [0, 0.1) is 0 Å². The molecule has 0 N–H and O–H groups in total. The van der Waals surface area contributed by atoms with Gasteiger partial charge in [-0.05, 0) is 51.2 Å². The smallest absolute Gasteiger partial charge is 0.0362 e. The summed E-state index contributed by atoms with van der Waals surface area (Å²) in [6.45, 7) is 0. The van der Waals surface area contributed by atoms with E-state index < -0.39 is 0 Å². The summed E-state index contributed by atoms with van der Waals surface area (Å²) in [7, 11) is 0. The molecule has 0 nitrogen and oxygen atoms in total. The van der Waals surface area contributed by atoms with Crippen molar-refractivity contribution >= 4 is 53.1 Å². The van der Waals surface area contributed by atoms with Crippen LogP contribution in [0.5, 0.6) is 0 Å². The first-order chi connectivity index (χ1) is 10.9. The van der Waals surface area contributed by atoms with Gasteiger partial charge in [0.2, 0.25) is 0 Å². The summed E-state index contributed by atoms with van der Waals surface area (Å²) in [6.07, 6.45) is 1.04. The predicted molar refractivity (Wildman–Crippen MR) is 97.1 cm³/mol. The molecule has 1 aliphatic carbocycles. The molecule has 0 unspecified atom stereocenters. The number of rotatable bonds is 0. The molecule has 0 aliphatic heterocycles. The number of thiophene rings is 1. The Kier molecular flexibility index (Phi) is 1.88. The Morgan fingerprint density at radius 1 is 0.545 bits per heavy atom. The summed E-state index contributed by atoms with van der Waals surface area (Å²) in [5, 5.41) is 8.61. The Morgan fingerprint density at radius 2 is 1.23 bits per heavy atom. The number of hydrogen-bond donors (Lipinski definition) is 0. The fourth-order valence-corrected chi connectivity index (χ4v) is 5.31. The van der Waals surface area contributed by atoms with Crippen molar-refractivity contribution in [3.05, 3.63) is 71.8 Å². The summed E-state index contributed by atoms with van der Waals surface area (Å²) in [4.78, 5) is 0. The van der Waals surface area contributed by atoms with Gasteiger partial charge in [0.1, 0.15) is 0 Å². The van der Waals surface area contributed by atoms with Crippen molar-refractivity contribution in [2.45, 2.75) is 6.42 Å². The molecule has 0 bridgehead atoms. The highest BCUT2D eigenvalue weighted by atomic mass is 32.1. The molecule has 0 atom stereocenters. The van der Waals surface area contributed by atoms with Crippen molar-refractivity contribution < 1.29 is 0 Å². The van der Waals surface area contributed by atoms with E-state index in [2.05, 4.69) is 60.7 Å². The molecule has 1 aromatic heterocycles. The summed E-state index contributed by atoms with van der Waals surface area (Å²) in [6, 6.07) is 22.7. The van der Waals surface area contributed by atoms with Gasteiger partial charge in [-0.1, -0.05) is 48.5 Å². The molecule has 102 valence electrons. The Morgan fingerprint density at radius 3 is 2.14 bits per heavy atom. The predicted octanol–water partition coefficient (Wildman–Crippen LogP) is 6.27. The van der Waals surface area contributed by atoms with E-state index in [-0.39, 0.29) is 0 Å². The van der Waals surface area contributed by atoms with Crippen molar-refractivity contribution in [3.63, 3.8) is 0 Å². The highest BCUT2D eigenvalue weighted by Crippen LogP contribution is 2.45. The highest BCUT2D eigenvalue weighted by Gasteiger charge is 2.19. The lowest BCUT2D eigenvalue weighted by atomic mass is 9.96. The average Bonchev–Trinajstić information content (AvgIpc) is 2.86. The van der Waals surface area contributed by atoms with Gasteiger partial charge in [-0.2, -0.15) is 0 Å². The lowest BCUT2D eigenvalue weighted by molar-refractivity contribution is 1.25. The van der Waals surface area contributed by atoms with Crippen LogP contribution in [0.25, 0.3) is 41.7 Å². The van der Waals surface area contributed by atoms with Crippen LogP contribution in [0.3, 0.4) is 0 Å². The van der Waals surface area contributed by atoms with Gasteiger partial charge in [0, 0.05) is 20.2 Å². The largest absolute Gasteiger partial charge is 0.135 e. The van der Waals surface area contributed by atoms with Crippen LogP contribution < -0.4 is 0 Å². The van der Waals surface area contributed by atoms with Gasteiger partial charge in [0.15, 0.2) is 0 Å². The third-order valence-electron chi connectivity index (χ3n) is 5.04. The zero-order chi connectivity index (χ0) is 14.3. The summed E-state index contributed by atoms with van der Waals surface area (Å²) < 4.78 is 2.84. The van der Waals surface area contributed by atoms with Crippen molar-refractivity contribution in [1.82, 2.24) is 0 Å². The van der Waals surface area contributed by atoms with Crippen LogP contribution in [-0.2, 0) is 6.42 Å². The molecule has 1 aliphatic rings. The molecule has 0 saturated heterocycles. The Hall–Kier alpha value is -2.38. The highest BCUT2D eigenvalue weighted by molar-refractivity contribution is 7.26. The fraction of sp³-hybridized carbons (Fsp3) is 0.0476. The minimum absolute atomic E-state index is 1.04. The molecule has 0 radical (unpaired) electrons. The third-order valence-corrected chi connectivity index (χ3v) is 6.16. The topological polar surface area (TPSA) is 0 Å². The SMILES string of the molecule is c1cc2c3c(c1)ccc1ccc4sc5cccc(c5c4c13)C2. The summed E-state index contributed by atoms with van der Waals surface area (Å²) in [5.74, 6) is 0. The van der Waals surface area contributed by atoms with E-state index in [1.54, 1.807) is 0 Å². The first-order valence-electron chi connectivity index (χ1n) is 7.67. The molecule has 1 heteroatoms. The number of benzene rings is 4. The number of hydrogen-bond acceptors (Lipinski definition) is 1. The Bertz CT molecular complexity index is 1240. The second-order valence-electron chi connectivity index (χ2n) is 6.19. The van der Waals surface area contributed by atoms with Gasteiger partial charge in [0.05, 0.1) is 0 Å². The lowest BCUT2D eigenvalue weighted by Gasteiger charge is -2.08. The van der Waals surface area contributed by atoms with E-state index in [9.17, 15) is 0 Å². The molecule has 4 aromatic carbocycles. The van der Waals surface area contributed by atoms with E-state index in [0.29, 0.717) is 0 Å². The van der Waals surface area contributed by atoms with Crippen LogP contribution in [0.1, 0.15) is 11.1 Å². The van der Waals surface area contributed by atoms with Crippen molar-refractivity contribution in [2.24, 2.45) is 0 Å². The Labute approximate surface area is 131 Å². The van der Waals surface area contributed by atoms with Gasteiger partial charge >= 0.3 is 0 Å². The van der Waals surface area contributed by atoms with Crippen LogP contribution in [0.2, 0.25) is 0 Å². The molecule has 5 aromatic rings. The maximum Gasteiger partial charge on any atom is 0.0362 e. The van der Waals surface area contributed by atoms with Crippen molar-refractivity contribution in [1.29, 1.82) is 0 Å². The van der Waals surface area contributed by atoms with E-state index in [4.69, 9.17) is 0 Å². The van der Waals surface area contributed by atoms with E-state index in [1.165, 1.54) is 52.8 Å². The van der Waals surface area contributed by atoms with Gasteiger partial charge in [-0.15, -0.1) is 11.3 Å². The van der Waals surface area contributed by atoms with Gasteiger partial charge in [0.25, 0.3) is 0 Å². The molecule has 0 saturated carbocycles. The van der Waals surface area contributed by atoms with Gasteiger partial charge in [-0.25, -0.2) is 0 Å². The van der Waals surface area contributed by atoms with Crippen LogP contribution in [0.15, 0.2) is 60.7 Å². The molecular formula is C21H12S. The second kappa shape index (κ2) is 3.68. The van der Waals surface area contributed by atoms with Crippen LogP contribution >= 0.6 is 11.3 Å². The Balaban J connectivity index is 2.11. The monoisotopic (exact) mass is 296 g/mol. The normalized spacial score (nSPS) is 13.3. The van der Waals surface area contributed by atoms with Crippen LogP contribution in [0.4, 0.5) is 0 Å². The van der Waals surface area contributed by atoms with Crippen molar-refractivity contribution in [3.8, 4) is 0 Å². The average molecular weight is 296 g/mol. The third kappa shape index (κ3) is 1.20. The van der Waals surface area contributed by atoms with Crippen LogP contribution in [-0.4, -0.2) is 0 Å². The molecular weight excluding hydrogens is 284 g/mol. The maximum absolute atomic E-state index is 2.30. The van der Waals surface area contributed by atoms with E-state index >= 15 is 0 Å². The molecule has 6 rings (SSSR count). The summed E-state index contributed by atoms with van der Waals surface area (Å²) >= 11 is 1.93. The standard InChI is InChI=1S/C21H12S/c1-3-12-7-8-13-9-10-17-21-19-15(5-2-6-16(19)22-17)11-14(4-1)18(12)20(13)21/h1-10H,11H2. The minimum Gasteiger partial charge on any atom is -0.135 e. The molecule has 1 heterocycles. The van der Waals surface area contributed by atoms with E-state index in [1.807, 2.05) is 11.3 Å². The maximum atomic E-state index is 2.30. The molecule has 0 spiro atoms. The first-order valence-corrected chi connectivity index (χ1v) is 8.49. The van der Waals surface area contributed by atoms with E-state index in [0.717, 1.165) is 6.42 Å². The first kappa shape index (κ1) is 11.2. The zero-order valence-corrected chi connectivity index (χ0v) is 12.7. The molecule has 22 heavy (non-hydrogen) atoms. The second-order valence-corrected chi connectivity index (χ2v) is 7.27. The molecule has 0 fully saturated rings. The van der Waals surface area contributed by atoms with Crippen molar-refractivity contribution in [2.75, 3.05) is 0 Å².